The number of amides is 1. The van der Waals surface area contributed by atoms with Gasteiger partial charge in [-0.05, 0) is 42.7 Å². The van der Waals surface area contributed by atoms with Crippen molar-refractivity contribution in [2.75, 3.05) is 25.0 Å². The van der Waals surface area contributed by atoms with Gasteiger partial charge in [-0.25, -0.2) is 9.18 Å². The van der Waals surface area contributed by atoms with Gasteiger partial charge in [0.05, 0.1) is 41.6 Å². The topological polar surface area (TPSA) is 61.8 Å². The van der Waals surface area contributed by atoms with Crippen LogP contribution in [0, 0.1) is 5.82 Å². The van der Waals surface area contributed by atoms with Gasteiger partial charge >= 0.3 is 12.3 Å². The van der Waals surface area contributed by atoms with Crippen LogP contribution in [-0.2, 0) is 10.9 Å². The number of aliphatic hydroxyl groups excluding tert-OH is 1. The van der Waals surface area contributed by atoms with Crippen molar-refractivity contribution in [2.24, 2.45) is 0 Å². The highest BCUT2D eigenvalue weighted by molar-refractivity contribution is 6.33. The lowest BCUT2D eigenvalue weighted by Crippen LogP contribution is -2.51. The van der Waals surface area contributed by atoms with Gasteiger partial charge in [-0.15, -0.1) is 0 Å². The summed E-state index contributed by atoms with van der Waals surface area (Å²) in [5.74, 6) is -0.757. The molecule has 1 aliphatic heterocycles. The number of alkyl halides is 3. The minimum absolute atomic E-state index is 0.0467. The number of likely N-dealkylation sites (tertiary alicyclic amines) is 1. The molecule has 2 aromatic carbocycles. The number of nitrogens with one attached hydrogen (secondary N) is 1. The van der Waals surface area contributed by atoms with Crippen LogP contribution in [0.3, 0.4) is 0 Å². The van der Waals surface area contributed by atoms with Crippen LogP contribution in [0.2, 0.25) is 5.02 Å². The first-order valence-electron chi connectivity index (χ1n) is 10.6. The Labute approximate surface area is 194 Å². The van der Waals surface area contributed by atoms with Crippen LogP contribution in [0.5, 0.6) is 0 Å². The summed E-state index contributed by atoms with van der Waals surface area (Å²) in [6.45, 7) is 2.68. The molecule has 2 N–H and O–H groups in total. The van der Waals surface area contributed by atoms with Crippen LogP contribution < -0.4 is 5.32 Å². The fourth-order valence-electron chi connectivity index (χ4n) is 3.60. The first-order valence-corrected chi connectivity index (χ1v) is 11.0. The monoisotopic (exact) mass is 488 g/mol. The van der Waals surface area contributed by atoms with Crippen molar-refractivity contribution < 1.29 is 32.2 Å². The molecule has 2 unspecified atom stereocenters. The lowest BCUT2D eigenvalue weighted by atomic mass is 10.00. The second-order valence-electron chi connectivity index (χ2n) is 7.91. The number of rotatable bonds is 6. The summed E-state index contributed by atoms with van der Waals surface area (Å²) >= 11 is 6.28. The Bertz CT molecular complexity index is 987. The summed E-state index contributed by atoms with van der Waals surface area (Å²) < 4.78 is 58.9. The van der Waals surface area contributed by atoms with E-state index in [2.05, 4.69) is 5.32 Å². The average Bonchev–Trinajstić information content (AvgIpc) is 2.77. The molecule has 1 saturated heterocycles. The Morgan fingerprint density at radius 1 is 1.30 bits per heavy atom. The number of benzene rings is 2. The fraction of sp³-hybridized carbons (Fsp3) is 0.435. The molecular formula is C23H25ClF4N2O3. The van der Waals surface area contributed by atoms with E-state index in [1.165, 1.54) is 23.1 Å². The molecule has 2 aromatic rings. The molecule has 0 saturated carbocycles. The summed E-state index contributed by atoms with van der Waals surface area (Å²) in [7, 11) is 0. The van der Waals surface area contributed by atoms with E-state index in [1.807, 2.05) is 6.92 Å². The zero-order valence-electron chi connectivity index (χ0n) is 18.0. The molecule has 0 bridgehead atoms. The van der Waals surface area contributed by atoms with E-state index in [9.17, 15) is 27.5 Å². The Hall–Kier alpha value is -2.52. The third kappa shape index (κ3) is 6.29. The first-order chi connectivity index (χ1) is 15.6. The van der Waals surface area contributed by atoms with E-state index in [-0.39, 0.29) is 28.4 Å². The van der Waals surface area contributed by atoms with Crippen LogP contribution >= 0.6 is 11.6 Å². The molecule has 0 aliphatic carbocycles. The average molecular weight is 489 g/mol. The van der Waals surface area contributed by atoms with Gasteiger partial charge in [0, 0.05) is 12.1 Å². The van der Waals surface area contributed by atoms with Gasteiger partial charge in [-0.3, -0.25) is 0 Å². The van der Waals surface area contributed by atoms with Crippen LogP contribution in [0.25, 0.3) is 11.1 Å². The summed E-state index contributed by atoms with van der Waals surface area (Å²) in [5.41, 5.74) is -0.707. The van der Waals surface area contributed by atoms with Crippen molar-refractivity contribution >= 4 is 23.4 Å². The van der Waals surface area contributed by atoms with Crippen LogP contribution in [0.15, 0.2) is 36.4 Å². The molecule has 0 radical (unpaired) electrons. The minimum atomic E-state index is -4.55. The van der Waals surface area contributed by atoms with E-state index < -0.39 is 35.8 Å². The molecule has 10 heteroatoms. The molecule has 1 aliphatic rings. The number of anilines is 1. The lowest BCUT2D eigenvalue weighted by molar-refractivity contribution is -0.137. The largest absolute Gasteiger partial charge is 0.449 e. The number of piperidine rings is 1. The number of aliphatic hydroxyl groups is 1. The van der Waals surface area contributed by atoms with Gasteiger partial charge in [0.2, 0.25) is 0 Å². The van der Waals surface area contributed by atoms with Gasteiger partial charge in [-0.1, -0.05) is 37.1 Å². The van der Waals surface area contributed by atoms with Crippen molar-refractivity contribution in [1.82, 2.24) is 4.90 Å². The highest BCUT2D eigenvalue weighted by Crippen LogP contribution is 2.36. The quantitative estimate of drug-likeness (QED) is 0.390. The lowest BCUT2D eigenvalue weighted by Gasteiger charge is -2.36. The number of carbonyl (C=O) groups is 1. The van der Waals surface area contributed by atoms with Gasteiger partial charge in [-0.2, -0.15) is 13.2 Å². The highest BCUT2D eigenvalue weighted by Gasteiger charge is 2.32. The molecule has 2 atom stereocenters. The molecule has 3 rings (SSSR count). The molecule has 5 nitrogen and oxygen atoms in total. The maximum atomic E-state index is 14.8. The second-order valence-corrected chi connectivity index (χ2v) is 8.32. The van der Waals surface area contributed by atoms with E-state index >= 15 is 0 Å². The van der Waals surface area contributed by atoms with Gasteiger partial charge in [0.15, 0.2) is 0 Å². The SMILES string of the molecule is CCCCOC(=O)N1CCC(Nc2cc(F)c(-c3cccc(C(F)(F)F)c3)cc2Cl)C(O)C1. The second kappa shape index (κ2) is 10.6. The first kappa shape index (κ1) is 25.1. The molecule has 0 aromatic heterocycles. The Balaban J connectivity index is 1.70. The molecule has 33 heavy (non-hydrogen) atoms. The van der Waals surface area contributed by atoms with Crippen LogP contribution in [0.4, 0.5) is 28.0 Å². The van der Waals surface area contributed by atoms with Gasteiger partial charge in [0.1, 0.15) is 5.82 Å². The van der Waals surface area contributed by atoms with Crippen LogP contribution in [0.1, 0.15) is 31.7 Å². The van der Waals surface area contributed by atoms with Crippen molar-refractivity contribution in [3.63, 3.8) is 0 Å². The van der Waals surface area contributed by atoms with E-state index in [0.29, 0.717) is 19.6 Å². The van der Waals surface area contributed by atoms with E-state index in [0.717, 1.165) is 31.0 Å². The number of β-amino-alcohol motifs (C(OH)–C–C–N with tert-alkyl or cyclic N) is 1. The zero-order chi connectivity index (χ0) is 24.2. The summed E-state index contributed by atoms with van der Waals surface area (Å²) in [4.78, 5) is 13.5. The Morgan fingerprint density at radius 3 is 2.73 bits per heavy atom. The highest BCUT2D eigenvalue weighted by atomic mass is 35.5. The van der Waals surface area contributed by atoms with Crippen LogP contribution in [-0.4, -0.2) is 47.9 Å². The van der Waals surface area contributed by atoms with Gasteiger partial charge in [0.25, 0.3) is 0 Å². The summed E-state index contributed by atoms with van der Waals surface area (Å²) in [6, 6.07) is 6.19. The third-order valence-electron chi connectivity index (χ3n) is 5.46. The van der Waals surface area contributed by atoms with Crippen molar-refractivity contribution in [2.45, 2.75) is 44.5 Å². The summed E-state index contributed by atoms with van der Waals surface area (Å²) in [6.07, 6.45) is -3.96. The predicted octanol–water partition coefficient (Wildman–Crippen LogP) is 5.95. The molecule has 180 valence electrons. The number of carbonyl (C=O) groups excluding carboxylic acids is 1. The van der Waals surface area contributed by atoms with Crippen molar-refractivity contribution in [1.29, 1.82) is 0 Å². The Morgan fingerprint density at radius 2 is 2.06 bits per heavy atom. The molecule has 0 spiro atoms. The maximum absolute atomic E-state index is 14.8. The standard InChI is InChI=1S/C23H25ClF4N2O3/c1-2-3-9-33-22(32)30-8-7-19(21(31)13-30)29-20-12-18(25)16(11-17(20)24)14-5-4-6-15(10-14)23(26,27)28/h4-6,10-12,19,21,29,31H,2-3,7-9,13H2,1H3. The zero-order valence-corrected chi connectivity index (χ0v) is 18.7. The number of unbranched alkanes of at least 4 members (excludes halogenated alkanes) is 1. The minimum Gasteiger partial charge on any atom is -0.449 e. The predicted molar refractivity (Wildman–Crippen MR) is 118 cm³/mol. The number of hydrogen-bond acceptors (Lipinski definition) is 4. The third-order valence-corrected chi connectivity index (χ3v) is 5.77. The van der Waals surface area contributed by atoms with E-state index in [1.54, 1.807) is 0 Å². The van der Waals surface area contributed by atoms with Crippen molar-refractivity contribution in [3.05, 3.63) is 52.8 Å². The normalized spacial score (nSPS) is 18.8. The number of nitrogens with zero attached hydrogens (tertiary/aromatic N) is 1. The number of halogens is 5. The molecule has 1 heterocycles. The fourth-order valence-corrected chi connectivity index (χ4v) is 3.82. The Kier molecular flexibility index (Phi) is 8.07. The maximum Gasteiger partial charge on any atom is 0.416 e. The summed E-state index contributed by atoms with van der Waals surface area (Å²) in [5, 5.41) is 13.5. The number of ether oxygens (including phenoxy) is 1. The number of hydrogen-bond donors (Lipinski definition) is 2. The molecular weight excluding hydrogens is 464 g/mol. The van der Waals surface area contributed by atoms with Gasteiger partial charge < -0.3 is 20.1 Å². The molecule has 1 amide bonds. The molecule has 1 fully saturated rings. The van der Waals surface area contributed by atoms with Crippen molar-refractivity contribution in [3.8, 4) is 11.1 Å². The smallest absolute Gasteiger partial charge is 0.416 e. The van der Waals surface area contributed by atoms with E-state index in [4.69, 9.17) is 16.3 Å².